The van der Waals surface area contributed by atoms with Crippen molar-refractivity contribution in [2.75, 3.05) is 30.7 Å². The van der Waals surface area contributed by atoms with Crippen LogP contribution >= 0.6 is 0 Å². The summed E-state index contributed by atoms with van der Waals surface area (Å²) in [6.45, 7) is 2.00. The molecule has 0 radical (unpaired) electrons. The van der Waals surface area contributed by atoms with Gasteiger partial charge < -0.3 is 16.0 Å². The number of rotatable bonds is 3. The molecule has 1 aliphatic rings. The van der Waals surface area contributed by atoms with E-state index in [1.807, 2.05) is 4.90 Å². The summed E-state index contributed by atoms with van der Waals surface area (Å²) in [5.74, 6) is 0.897. The van der Waals surface area contributed by atoms with Gasteiger partial charge in [0, 0.05) is 19.3 Å². The second-order valence-corrected chi connectivity index (χ2v) is 3.74. The van der Waals surface area contributed by atoms with Gasteiger partial charge >= 0.3 is 0 Å². The van der Waals surface area contributed by atoms with E-state index in [-0.39, 0.29) is 18.4 Å². The van der Waals surface area contributed by atoms with E-state index in [9.17, 15) is 4.79 Å². The van der Waals surface area contributed by atoms with E-state index in [1.54, 1.807) is 12.3 Å². The summed E-state index contributed by atoms with van der Waals surface area (Å²) in [5.41, 5.74) is 5.43. The van der Waals surface area contributed by atoms with E-state index in [2.05, 4.69) is 15.3 Å². The second-order valence-electron chi connectivity index (χ2n) is 3.74. The van der Waals surface area contributed by atoms with Crippen molar-refractivity contribution in [3.05, 3.63) is 12.3 Å². The summed E-state index contributed by atoms with van der Waals surface area (Å²) in [5, 5.41) is 2.94. The van der Waals surface area contributed by atoms with E-state index in [0.29, 0.717) is 5.82 Å². The predicted octanol–water partition coefficient (Wildman–Crippen LogP) is 0.0931. The summed E-state index contributed by atoms with van der Waals surface area (Å²) < 4.78 is 0. The van der Waals surface area contributed by atoms with Gasteiger partial charge in [-0.2, -0.15) is 4.98 Å². The number of nitrogens with zero attached hydrogens (tertiary/aromatic N) is 3. The van der Waals surface area contributed by atoms with Gasteiger partial charge in [-0.15, -0.1) is 0 Å². The lowest BCUT2D eigenvalue weighted by Crippen LogP contribution is -2.33. The highest BCUT2D eigenvalue weighted by Crippen LogP contribution is 2.08. The smallest absolute Gasteiger partial charge is 0.241 e. The summed E-state index contributed by atoms with van der Waals surface area (Å²) >= 11 is 0. The maximum Gasteiger partial charge on any atom is 0.241 e. The summed E-state index contributed by atoms with van der Waals surface area (Å²) in [4.78, 5) is 21.3. The highest BCUT2D eigenvalue weighted by atomic mass is 16.2. The van der Waals surface area contributed by atoms with Crippen molar-refractivity contribution < 1.29 is 4.79 Å². The molecular formula is C10H15N5O. The molecule has 1 fully saturated rings. The zero-order chi connectivity index (χ0) is 11.4. The van der Waals surface area contributed by atoms with Crippen LogP contribution in [0, 0.1) is 0 Å². The van der Waals surface area contributed by atoms with Crippen molar-refractivity contribution >= 4 is 17.7 Å². The Morgan fingerprint density at radius 1 is 1.50 bits per heavy atom. The monoisotopic (exact) mass is 221 g/mol. The average Bonchev–Trinajstić information content (AvgIpc) is 2.79. The van der Waals surface area contributed by atoms with Gasteiger partial charge in [0.1, 0.15) is 5.82 Å². The van der Waals surface area contributed by atoms with Gasteiger partial charge in [0.05, 0.1) is 6.54 Å². The first-order valence-electron chi connectivity index (χ1n) is 5.36. The van der Waals surface area contributed by atoms with Crippen molar-refractivity contribution in [1.82, 2.24) is 14.9 Å². The molecule has 1 aromatic heterocycles. The SMILES string of the molecule is Nc1nccc(NCC(=O)N2CCCC2)n1. The molecule has 1 aromatic rings. The van der Waals surface area contributed by atoms with Gasteiger partial charge in [0.2, 0.25) is 11.9 Å². The normalized spacial score (nSPS) is 15.1. The van der Waals surface area contributed by atoms with E-state index >= 15 is 0 Å². The second kappa shape index (κ2) is 4.78. The fourth-order valence-electron chi connectivity index (χ4n) is 1.72. The van der Waals surface area contributed by atoms with Crippen LogP contribution in [0.1, 0.15) is 12.8 Å². The molecule has 3 N–H and O–H groups in total. The van der Waals surface area contributed by atoms with Crippen LogP contribution in [0.3, 0.4) is 0 Å². The van der Waals surface area contributed by atoms with Gasteiger partial charge in [-0.3, -0.25) is 4.79 Å². The van der Waals surface area contributed by atoms with Gasteiger partial charge in [-0.05, 0) is 18.9 Å². The third-order valence-electron chi connectivity index (χ3n) is 2.55. The Morgan fingerprint density at radius 3 is 2.94 bits per heavy atom. The molecule has 2 rings (SSSR count). The Balaban J connectivity index is 1.84. The fraction of sp³-hybridized carbons (Fsp3) is 0.500. The van der Waals surface area contributed by atoms with E-state index in [1.165, 1.54) is 0 Å². The number of aromatic nitrogens is 2. The van der Waals surface area contributed by atoms with Crippen LogP contribution in [0.15, 0.2) is 12.3 Å². The molecule has 1 aliphatic heterocycles. The van der Waals surface area contributed by atoms with E-state index in [4.69, 9.17) is 5.73 Å². The fourth-order valence-corrected chi connectivity index (χ4v) is 1.72. The zero-order valence-corrected chi connectivity index (χ0v) is 9.02. The Morgan fingerprint density at radius 2 is 2.25 bits per heavy atom. The molecule has 0 bridgehead atoms. The first-order chi connectivity index (χ1) is 7.75. The number of carbonyl (C=O) groups is 1. The molecule has 1 saturated heterocycles. The standard InChI is InChI=1S/C10H15N5O/c11-10-12-4-3-8(14-10)13-7-9(16)15-5-1-2-6-15/h3-4H,1-2,5-7H2,(H3,11,12,13,14). The number of amides is 1. The molecule has 16 heavy (non-hydrogen) atoms. The molecule has 0 saturated carbocycles. The Hall–Kier alpha value is -1.85. The van der Waals surface area contributed by atoms with Crippen LogP contribution in [0.25, 0.3) is 0 Å². The number of nitrogen functional groups attached to an aromatic ring is 1. The minimum absolute atomic E-state index is 0.106. The summed E-state index contributed by atoms with van der Waals surface area (Å²) in [6, 6.07) is 1.69. The van der Waals surface area contributed by atoms with Crippen LogP contribution in [-0.2, 0) is 4.79 Å². The van der Waals surface area contributed by atoms with Crippen LogP contribution in [0.4, 0.5) is 11.8 Å². The molecule has 0 aromatic carbocycles. The number of nitrogens with two attached hydrogens (primary N) is 1. The summed E-state index contributed by atoms with van der Waals surface area (Å²) in [7, 11) is 0. The third kappa shape index (κ3) is 2.59. The van der Waals surface area contributed by atoms with Crippen LogP contribution in [0.5, 0.6) is 0 Å². The molecule has 86 valence electrons. The predicted molar refractivity (Wildman–Crippen MR) is 60.7 cm³/mol. The number of carbonyl (C=O) groups excluding carboxylic acids is 1. The van der Waals surface area contributed by atoms with Crippen molar-refractivity contribution in [2.24, 2.45) is 0 Å². The molecule has 0 unspecified atom stereocenters. The molecule has 0 spiro atoms. The molecular weight excluding hydrogens is 206 g/mol. The van der Waals surface area contributed by atoms with Gasteiger partial charge in [0.15, 0.2) is 0 Å². The van der Waals surface area contributed by atoms with Crippen LogP contribution in [-0.4, -0.2) is 40.4 Å². The van der Waals surface area contributed by atoms with Crippen LogP contribution in [0.2, 0.25) is 0 Å². The lowest BCUT2D eigenvalue weighted by molar-refractivity contribution is -0.128. The van der Waals surface area contributed by atoms with Crippen molar-refractivity contribution in [2.45, 2.75) is 12.8 Å². The molecule has 1 amide bonds. The lowest BCUT2D eigenvalue weighted by Gasteiger charge is -2.15. The molecule has 2 heterocycles. The largest absolute Gasteiger partial charge is 0.368 e. The van der Waals surface area contributed by atoms with Crippen LogP contribution < -0.4 is 11.1 Å². The maximum absolute atomic E-state index is 11.7. The molecule has 6 nitrogen and oxygen atoms in total. The van der Waals surface area contributed by atoms with Gasteiger partial charge in [-0.1, -0.05) is 0 Å². The van der Waals surface area contributed by atoms with Gasteiger partial charge in [-0.25, -0.2) is 4.98 Å². The number of likely N-dealkylation sites (tertiary alicyclic amines) is 1. The Labute approximate surface area is 93.9 Å². The first kappa shape index (κ1) is 10.7. The number of hydrogen-bond acceptors (Lipinski definition) is 5. The zero-order valence-electron chi connectivity index (χ0n) is 9.02. The topological polar surface area (TPSA) is 84.1 Å². The minimum atomic E-state index is 0.106. The Kier molecular flexibility index (Phi) is 3.19. The van der Waals surface area contributed by atoms with E-state index in [0.717, 1.165) is 25.9 Å². The summed E-state index contributed by atoms with van der Waals surface area (Å²) in [6.07, 6.45) is 3.77. The van der Waals surface area contributed by atoms with Crippen molar-refractivity contribution in [1.29, 1.82) is 0 Å². The number of nitrogens with one attached hydrogen (secondary N) is 1. The third-order valence-corrected chi connectivity index (χ3v) is 2.55. The minimum Gasteiger partial charge on any atom is -0.368 e. The van der Waals surface area contributed by atoms with E-state index < -0.39 is 0 Å². The number of hydrogen-bond donors (Lipinski definition) is 2. The van der Waals surface area contributed by atoms with Crippen molar-refractivity contribution in [3.63, 3.8) is 0 Å². The quantitative estimate of drug-likeness (QED) is 0.756. The highest BCUT2D eigenvalue weighted by molar-refractivity contribution is 5.80. The van der Waals surface area contributed by atoms with Crippen molar-refractivity contribution in [3.8, 4) is 0 Å². The molecule has 0 atom stereocenters. The lowest BCUT2D eigenvalue weighted by atomic mass is 10.4. The maximum atomic E-state index is 11.7. The highest BCUT2D eigenvalue weighted by Gasteiger charge is 2.17. The number of anilines is 2. The first-order valence-corrected chi connectivity index (χ1v) is 5.36. The Bertz CT molecular complexity index is 375. The van der Waals surface area contributed by atoms with Gasteiger partial charge in [0.25, 0.3) is 0 Å². The molecule has 0 aliphatic carbocycles. The molecule has 6 heteroatoms. The average molecular weight is 221 g/mol.